The lowest BCUT2D eigenvalue weighted by Crippen LogP contribution is -2.16. The summed E-state index contributed by atoms with van der Waals surface area (Å²) >= 11 is 1.84. The summed E-state index contributed by atoms with van der Waals surface area (Å²) < 4.78 is 0. The molecule has 2 aliphatic carbocycles. The lowest BCUT2D eigenvalue weighted by Gasteiger charge is -2.24. The summed E-state index contributed by atoms with van der Waals surface area (Å²) in [6.45, 7) is 0. The van der Waals surface area contributed by atoms with E-state index in [1.165, 1.54) is 47.9 Å². The molecular weight excluding hydrogens is 244 g/mol. The zero-order valence-corrected chi connectivity index (χ0v) is 11.0. The molecule has 5 heteroatoms. The van der Waals surface area contributed by atoms with Crippen LogP contribution in [0.25, 0.3) is 10.2 Å². The number of nitrogens with one attached hydrogen (secondary N) is 1. The first-order valence-electron chi connectivity index (χ1n) is 6.65. The molecule has 0 aromatic carbocycles. The van der Waals surface area contributed by atoms with Crippen molar-refractivity contribution in [1.29, 1.82) is 0 Å². The van der Waals surface area contributed by atoms with Gasteiger partial charge in [-0.1, -0.05) is 6.42 Å². The monoisotopic (exact) mass is 260 g/mol. The molecule has 0 amide bonds. The van der Waals surface area contributed by atoms with Gasteiger partial charge < -0.3 is 5.43 Å². The van der Waals surface area contributed by atoms with Crippen molar-refractivity contribution in [3.8, 4) is 0 Å². The number of nitrogens with two attached hydrogens (primary N) is 1. The topological polar surface area (TPSA) is 63.8 Å². The van der Waals surface area contributed by atoms with Crippen LogP contribution in [0.2, 0.25) is 0 Å². The molecule has 1 fully saturated rings. The van der Waals surface area contributed by atoms with Crippen molar-refractivity contribution >= 4 is 27.4 Å². The van der Waals surface area contributed by atoms with E-state index < -0.39 is 0 Å². The van der Waals surface area contributed by atoms with Crippen molar-refractivity contribution in [3.63, 3.8) is 0 Å². The van der Waals surface area contributed by atoms with E-state index in [2.05, 4.69) is 10.4 Å². The fourth-order valence-corrected chi connectivity index (χ4v) is 4.23. The minimum Gasteiger partial charge on any atom is -0.308 e. The maximum Gasteiger partial charge on any atom is 0.152 e. The van der Waals surface area contributed by atoms with Crippen molar-refractivity contribution in [2.24, 2.45) is 5.84 Å². The van der Waals surface area contributed by atoms with Crippen LogP contribution in [0.5, 0.6) is 0 Å². The fourth-order valence-electron chi connectivity index (χ4n) is 2.97. The van der Waals surface area contributed by atoms with Crippen LogP contribution in [0.1, 0.15) is 47.9 Å². The Labute approximate surface area is 110 Å². The third-order valence-electron chi connectivity index (χ3n) is 4.19. The number of aromatic nitrogens is 2. The quantitative estimate of drug-likeness (QED) is 0.643. The minimum atomic E-state index is 0.554. The van der Waals surface area contributed by atoms with Gasteiger partial charge in [0.15, 0.2) is 5.82 Å². The highest BCUT2D eigenvalue weighted by Crippen LogP contribution is 2.41. The van der Waals surface area contributed by atoms with E-state index in [4.69, 9.17) is 10.8 Å². The van der Waals surface area contributed by atoms with Gasteiger partial charge in [0, 0.05) is 10.8 Å². The van der Waals surface area contributed by atoms with Gasteiger partial charge in [-0.3, -0.25) is 0 Å². The van der Waals surface area contributed by atoms with Crippen LogP contribution in [0, 0.1) is 0 Å². The maximum absolute atomic E-state index is 5.66. The minimum absolute atomic E-state index is 0.554. The first-order valence-corrected chi connectivity index (χ1v) is 7.47. The maximum atomic E-state index is 5.66. The average Bonchev–Trinajstić information content (AvgIpc) is 2.85. The molecule has 4 rings (SSSR count). The standard InChI is InChI=1S/C13H16N4S/c14-17-12-10-8-5-2-6-9(8)18-13(10)16-11(15-12)7-3-1-4-7/h7H,1-6,14H2,(H,15,16,17). The van der Waals surface area contributed by atoms with Gasteiger partial charge in [0.05, 0.1) is 5.39 Å². The summed E-state index contributed by atoms with van der Waals surface area (Å²) in [6, 6.07) is 0. The molecule has 2 heterocycles. The summed E-state index contributed by atoms with van der Waals surface area (Å²) in [4.78, 5) is 12.0. The molecule has 2 aromatic heterocycles. The third kappa shape index (κ3) is 1.40. The van der Waals surface area contributed by atoms with Gasteiger partial charge >= 0.3 is 0 Å². The molecule has 1 saturated carbocycles. The molecule has 0 unspecified atom stereocenters. The van der Waals surface area contributed by atoms with Crippen LogP contribution in [-0.2, 0) is 12.8 Å². The van der Waals surface area contributed by atoms with Crippen molar-refractivity contribution in [1.82, 2.24) is 9.97 Å². The molecule has 0 atom stereocenters. The smallest absolute Gasteiger partial charge is 0.152 e. The van der Waals surface area contributed by atoms with Gasteiger partial charge in [0.1, 0.15) is 10.7 Å². The number of rotatable bonds is 2. The predicted octanol–water partition coefficient (Wildman–Crippen LogP) is 2.73. The van der Waals surface area contributed by atoms with Gasteiger partial charge in [-0.2, -0.15) is 0 Å². The van der Waals surface area contributed by atoms with Gasteiger partial charge in [-0.15, -0.1) is 11.3 Å². The molecule has 0 spiro atoms. The molecule has 2 aliphatic rings. The summed E-state index contributed by atoms with van der Waals surface area (Å²) in [5.74, 6) is 8.04. The largest absolute Gasteiger partial charge is 0.308 e. The molecular formula is C13H16N4S. The first-order chi connectivity index (χ1) is 8.86. The Bertz CT molecular complexity index is 615. The zero-order valence-electron chi connectivity index (χ0n) is 10.2. The van der Waals surface area contributed by atoms with E-state index in [0.717, 1.165) is 22.9 Å². The van der Waals surface area contributed by atoms with Crippen molar-refractivity contribution in [2.75, 3.05) is 5.43 Å². The SMILES string of the molecule is NNc1nc(C2CCC2)nc2sc3c(c12)CCC3. The van der Waals surface area contributed by atoms with Crippen LogP contribution in [-0.4, -0.2) is 9.97 Å². The Morgan fingerprint density at radius 2 is 2.06 bits per heavy atom. The second-order valence-electron chi connectivity index (χ2n) is 5.24. The number of hydrazine groups is 1. The first kappa shape index (κ1) is 10.7. The van der Waals surface area contributed by atoms with Crippen LogP contribution in [0.15, 0.2) is 0 Å². The Balaban J connectivity index is 1.93. The number of nitrogens with zero attached hydrogens (tertiary/aromatic N) is 2. The second kappa shape index (κ2) is 3.90. The Hall–Kier alpha value is -1.20. The molecule has 0 bridgehead atoms. The number of nitrogen functional groups attached to an aromatic ring is 1. The lowest BCUT2D eigenvalue weighted by atomic mass is 9.85. The summed E-state index contributed by atoms with van der Waals surface area (Å²) in [7, 11) is 0. The molecule has 3 N–H and O–H groups in total. The van der Waals surface area contributed by atoms with Crippen LogP contribution in [0.3, 0.4) is 0 Å². The van der Waals surface area contributed by atoms with Gasteiger partial charge in [0.2, 0.25) is 0 Å². The lowest BCUT2D eigenvalue weighted by molar-refractivity contribution is 0.403. The Kier molecular flexibility index (Phi) is 2.32. The summed E-state index contributed by atoms with van der Waals surface area (Å²) in [5.41, 5.74) is 4.22. The molecule has 94 valence electrons. The molecule has 4 nitrogen and oxygen atoms in total. The number of aryl methyl sites for hydroxylation is 2. The molecule has 0 saturated heterocycles. The molecule has 18 heavy (non-hydrogen) atoms. The molecule has 2 aromatic rings. The van der Waals surface area contributed by atoms with Crippen molar-refractivity contribution in [3.05, 3.63) is 16.3 Å². The third-order valence-corrected chi connectivity index (χ3v) is 5.37. The Morgan fingerprint density at radius 1 is 1.17 bits per heavy atom. The van der Waals surface area contributed by atoms with E-state index in [1.54, 1.807) is 0 Å². The van der Waals surface area contributed by atoms with E-state index in [0.29, 0.717) is 5.92 Å². The van der Waals surface area contributed by atoms with Crippen LogP contribution < -0.4 is 11.3 Å². The number of hydrogen-bond donors (Lipinski definition) is 2. The normalized spacial score (nSPS) is 18.9. The van der Waals surface area contributed by atoms with Gasteiger partial charge in [0.25, 0.3) is 0 Å². The highest BCUT2D eigenvalue weighted by Gasteiger charge is 2.26. The number of hydrogen-bond acceptors (Lipinski definition) is 5. The van der Waals surface area contributed by atoms with Crippen molar-refractivity contribution < 1.29 is 0 Å². The number of anilines is 1. The van der Waals surface area contributed by atoms with Gasteiger partial charge in [-0.05, 0) is 37.7 Å². The zero-order chi connectivity index (χ0) is 12.1. The van der Waals surface area contributed by atoms with Gasteiger partial charge in [-0.25, -0.2) is 15.8 Å². The van der Waals surface area contributed by atoms with E-state index in [9.17, 15) is 0 Å². The molecule has 0 aliphatic heterocycles. The average molecular weight is 260 g/mol. The van der Waals surface area contributed by atoms with E-state index in [-0.39, 0.29) is 0 Å². The van der Waals surface area contributed by atoms with Crippen molar-refractivity contribution in [2.45, 2.75) is 44.4 Å². The number of thiophene rings is 1. The highest BCUT2D eigenvalue weighted by atomic mass is 32.1. The second-order valence-corrected chi connectivity index (χ2v) is 6.32. The summed E-state index contributed by atoms with van der Waals surface area (Å²) in [5, 5.41) is 1.18. The molecule has 0 radical (unpaired) electrons. The van der Waals surface area contributed by atoms with Crippen LogP contribution in [0.4, 0.5) is 5.82 Å². The Morgan fingerprint density at radius 3 is 2.78 bits per heavy atom. The summed E-state index contributed by atoms with van der Waals surface area (Å²) in [6.07, 6.45) is 7.35. The van der Waals surface area contributed by atoms with E-state index in [1.807, 2.05) is 11.3 Å². The number of fused-ring (bicyclic) bond motifs is 3. The highest BCUT2D eigenvalue weighted by molar-refractivity contribution is 7.19. The van der Waals surface area contributed by atoms with E-state index >= 15 is 0 Å². The van der Waals surface area contributed by atoms with Crippen LogP contribution >= 0.6 is 11.3 Å². The predicted molar refractivity (Wildman–Crippen MR) is 73.8 cm³/mol. The fraction of sp³-hybridized carbons (Fsp3) is 0.538.